The van der Waals surface area contributed by atoms with Crippen LogP contribution in [0.1, 0.15) is 41.5 Å². The van der Waals surface area contributed by atoms with Gasteiger partial charge in [-0.1, -0.05) is 54.5 Å². The monoisotopic (exact) mass is 548 g/mol. The third-order valence-electron chi connectivity index (χ3n) is 10.1. The Bertz CT molecular complexity index is 1530. The number of piperidine rings is 1. The van der Waals surface area contributed by atoms with E-state index < -0.39 is 0 Å². The summed E-state index contributed by atoms with van der Waals surface area (Å²) in [5, 5.41) is 11.3. The number of ether oxygens (including phenoxy) is 2. The van der Waals surface area contributed by atoms with Crippen LogP contribution in [0, 0.1) is 17.8 Å². The first-order valence-electron chi connectivity index (χ1n) is 14.7. The van der Waals surface area contributed by atoms with E-state index in [2.05, 4.69) is 47.1 Å². The van der Waals surface area contributed by atoms with Crippen LogP contribution >= 0.6 is 0 Å². The van der Waals surface area contributed by atoms with Crippen molar-refractivity contribution in [3.63, 3.8) is 0 Å². The molecule has 4 aliphatic rings. The van der Waals surface area contributed by atoms with Gasteiger partial charge in [0.05, 0.1) is 13.2 Å². The number of likely N-dealkylation sites (N-methyl/N-ethyl adjacent to an activating group) is 1. The minimum Gasteiger partial charge on any atom is -0.508 e. The number of carbonyl (C=O) groups excluding carboxylic acids is 1. The van der Waals surface area contributed by atoms with Crippen molar-refractivity contribution in [3.8, 4) is 29.1 Å². The molecule has 2 heterocycles. The number of hydrogen-bond donors (Lipinski definition) is 1. The molecule has 1 saturated carbocycles. The molecule has 0 radical (unpaired) electrons. The van der Waals surface area contributed by atoms with Crippen molar-refractivity contribution in [1.82, 2.24) is 9.80 Å². The molecule has 5 atom stereocenters. The van der Waals surface area contributed by atoms with E-state index in [1.54, 1.807) is 18.1 Å². The first kappa shape index (κ1) is 26.0. The molecule has 210 valence electrons. The lowest BCUT2D eigenvalue weighted by molar-refractivity contribution is -0.134. The van der Waals surface area contributed by atoms with Crippen molar-refractivity contribution in [2.75, 3.05) is 27.2 Å². The lowest BCUT2D eigenvalue weighted by atomic mass is 9.50. The van der Waals surface area contributed by atoms with Crippen molar-refractivity contribution in [2.45, 2.75) is 55.7 Å². The fraction of sp³-hybridized carbons (Fsp3) is 0.400. The number of phenols is 1. The van der Waals surface area contributed by atoms with Crippen molar-refractivity contribution in [1.29, 1.82) is 0 Å². The molecule has 1 saturated heterocycles. The van der Waals surface area contributed by atoms with E-state index in [4.69, 9.17) is 9.47 Å². The molecule has 3 aromatic rings. The summed E-state index contributed by atoms with van der Waals surface area (Å²) < 4.78 is 12.6. The maximum absolute atomic E-state index is 13.4. The average molecular weight is 549 g/mol. The summed E-state index contributed by atoms with van der Waals surface area (Å²) in [6, 6.07) is 22.2. The van der Waals surface area contributed by atoms with E-state index >= 15 is 0 Å². The van der Waals surface area contributed by atoms with Gasteiger partial charge in [-0.2, -0.15) is 0 Å². The van der Waals surface area contributed by atoms with Gasteiger partial charge < -0.3 is 19.5 Å². The second-order valence-corrected chi connectivity index (χ2v) is 11.9. The van der Waals surface area contributed by atoms with E-state index in [1.165, 1.54) is 5.56 Å². The fourth-order valence-corrected chi connectivity index (χ4v) is 8.28. The molecule has 6 nitrogen and oxygen atoms in total. The Balaban J connectivity index is 1.23. The molecule has 6 heteroatoms. The minimum absolute atomic E-state index is 0.120. The van der Waals surface area contributed by atoms with Crippen molar-refractivity contribution in [2.24, 2.45) is 5.92 Å². The first-order valence-corrected chi connectivity index (χ1v) is 14.7. The molecule has 2 bridgehead atoms. The highest BCUT2D eigenvalue weighted by molar-refractivity contribution is 5.94. The first-order chi connectivity index (χ1) is 20.0. The molecule has 0 aromatic heterocycles. The number of aromatic hydroxyl groups is 1. The number of rotatable bonds is 5. The van der Waals surface area contributed by atoms with Crippen molar-refractivity contribution < 1.29 is 19.4 Å². The lowest BCUT2D eigenvalue weighted by Crippen LogP contribution is -2.69. The molecule has 1 N–H and O–H groups in total. The van der Waals surface area contributed by atoms with Gasteiger partial charge in [-0.15, -0.1) is 0 Å². The Morgan fingerprint density at radius 3 is 2.66 bits per heavy atom. The van der Waals surface area contributed by atoms with Crippen LogP contribution in [-0.2, 0) is 23.1 Å². The van der Waals surface area contributed by atoms with Crippen molar-refractivity contribution in [3.05, 3.63) is 89.0 Å². The van der Waals surface area contributed by atoms with Crippen LogP contribution in [0.15, 0.2) is 66.7 Å². The Labute approximate surface area is 241 Å². The largest absolute Gasteiger partial charge is 0.508 e. The van der Waals surface area contributed by atoms with Gasteiger partial charge in [0.1, 0.15) is 11.9 Å². The van der Waals surface area contributed by atoms with Gasteiger partial charge in [0.2, 0.25) is 0 Å². The zero-order valence-corrected chi connectivity index (χ0v) is 23.7. The number of phenolic OH excluding ortho intramolecular Hbond substituents is 1. The quantitative estimate of drug-likeness (QED) is 0.474. The fourth-order valence-electron chi connectivity index (χ4n) is 8.28. The van der Waals surface area contributed by atoms with E-state index in [0.29, 0.717) is 17.7 Å². The number of amides is 1. The molecule has 41 heavy (non-hydrogen) atoms. The molecule has 2 aliphatic carbocycles. The van der Waals surface area contributed by atoms with Gasteiger partial charge in [-0.05, 0) is 62.3 Å². The summed E-state index contributed by atoms with van der Waals surface area (Å²) in [6.07, 6.45) is 4.37. The third kappa shape index (κ3) is 4.09. The molecule has 0 unspecified atom stereocenters. The molecule has 3 aromatic carbocycles. The summed E-state index contributed by atoms with van der Waals surface area (Å²) in [5.41, 5.74) is 4.02. The molecular formula is C35H36N2O4. The second kappa shape index (κ2) is 10.2. The Morgan fingerprint density at radius 1 is 1.15 bits per heavy atom. The number of hydrogen-bond acceptors (Lipinski definition) is 5. The van der Waals surface area contributed by atoms with E-state index in [0.717, 1.165) is 67.6 Å². The number of methoxy groups -OCH3 is 1. The maximum Gasteiger partial charge on any atom is 0.298 e. The molecule has 7 rings (SSSR count). The second-order valence-electron chi connectivity index (χ2n) is 11.9. The topological polar surface area (TPSA) is 62.2 Å². The summed E-state index contributed by atoms with van der Waals surface area (Å²) >= 11 is 0. The van der Waals surface area contributed by atoms with Crippen LogP contribution in [0.4, 0.5) is 0 Å². The van der Waals surface area contributed by atoms with E-state index in [9.17, 15) is 9.90 Å². The third-order valence-corrected chi connectivity index (χ3v) is 10.1. The number of benzene rings is 3. The van der Waals surface area contributed by atoms with Gasteiger partial charge in [0.25, 0.3) is 5.91 Å². The Kier molecular flexibility index (Phi) is 6.43. The summed E-state index contributed by atoms with van der Waals surface area (Å²) in [6.45, 7) is 1.95. The molecule has 2 aliphatic heterocycles. The van der Waals surface area contributed by atoms with Gasteiger partial charge in [-0.3, -0.25) is 9.69 Å². The van der Waals surface area contributed by atoms with Crippen molar-refractivity contribution >= 4 is 5.91 Å². The van der Waals surface area contributed by atoms with Crippen LogP contribution in [0.25, 0.3) is 0 Å². The van der Waals surface area contributed by atoms with Crippen LogP contribution in [-0.4, -0.2) is 66.2 Å². The predicted molar refractivity (Wildman–Crippen MR) is 157 cm³/mol. The Hall–Kier alpha value is -3.95. The van der Waals surface area contributed by atoms with Gasteiger partial charge in [-0.25, -0.2) is 0 Å². The SMILES string of the molecule is COc1cc(O)c2c3c1O[C@H]1[C@@H](N(C)C(=O)C#Cc4ccccc4)CC[C@H]4[C@@H](C2)N(CCc2ccccc2)CC[C@@]341. The lowest BCUT2D eigenvalue weighted by Gasteiger charge is -2.60. The van der Waals surface area contributed by atoms with Gasteiger partial charge in [0.15, 0.2) is 11.5 Å². The van der Waals surface area contributed by atoms with Gasteiger partial charge >= 0.3 is 0 Å². The number of nitrogens with zero attached hydrogens (tertiary/aromatic N) is 2. The van der Waals surface area contributed by atoms with Crippen LogP contribution in [0.2, 0.25) is 0 Å². The van der Waals surface area contributed by atoms with Gasteiger partial charge in [0, 0.05) is 53.7 Å². The number of carbonyl (C=O) groups is 1. The molecule has 1 amide bonds. The van der Waals surface area contributed by atoms with Crippen LogP contribution < -0.4 is 9.47 Å². The highest BCUT2D eigenvalue weighted by Crippen LogP contribution is 2.65. The summed E-state index contributed by atoms with van der Waals surface area (Å²) in [7, 11) is 3.49. The van der Waals surface area contributed by atoms with Crippen LogP contribution in [0.3, 0.4) is 0 Å². The maximum atomic E-state index is 13.4. The highest BCUT2D eigenvalue weighted by Gasteiger charge is 2.67. The van der Waals surface area contributed by atoms with E-state index in [-0.39, 0.29) is 29.2 Å². The van der Waals surface area contributed by atoms with Crippen LogP contribution in [0.5, 0.6) is 17.2 Å². The summed E-state index contributed by atoms with van der Waals surface area (Å²) in [5.74, 6) is 7.70. The van der Waals surface area contributed by atoms with E-state index in [1.807, 2.05) is 37.4 Å². The standard InChI is InChI=1S/C35H36N2O4/c1-36(31(39)16-13-23-9-5-3-6-10-23)27-15-14-26-28-21-25-29(38)22-30(40-2)33-32(25)35(26,34(27)41-33)18-20-37(28)19-17-24-11-7-4-8-12-24/h3-12,22,26-28,34,38H,14-15,17-21H2,1-2H3/t26-,27-,28+,34-,35-/m0/s1. The smallest absolute Gasteiger partial charge is 0.298 e. The Morgan fingerprint density at radius 2 is 1.90 bits per heavy atom. The average Bonchev–Trinajstić information content (AvgIpc) is 3.35. The molecular weight excluding hydrogens is 512 g/mol. The molecule has 1 spiro atoms. The molecule has 2 fully saturated rings. The zero-order chi connectivity index (χ0) is 28.1. The zero-order valence-electron chi connectivity index (χ0n) is 23.7. The highest BCUT2D eigenvalue weighted by atomic mass is 16.5. The number of likely N-dealkylation sites (tertiary alicyclic amines) is 1. The predicted octanol–water partition coefficient (Wildman–Crippen LogP) is 4.56. The normalized spacial score (nSPS) is 27.2. The summed E-state index contributed by atoms with van der Waals surface area (Å²) in [4.78, 5) is 17.8. The minimum atomic E-state index is -0.271.